The number of fused-ring (bicyclic) bond motifs is 2. The number of benzene rings is 2. The lowest BCUT2D eigenvalue weighted by Gasteiger charge is -2.10. The van der Waals surface area contributed by atoms with Gasteiger partial charge in [0.2, 0.25) is 0 Å². The van der Waals surface area contributed by atoms with E-state index in [-0.39, 0.29) is 5.91 Å². The Labute approximate surface area is 150 Å². The van der Waals surface area contributed by atoms with E-state index in [1.54, 1.807) is 4.52 Å². The van der Waals surface area contributed by atoms with Gasteiger partial charge in [-0.15, -0.1) is 0 Å². The van der Waals surface area contributed by atoms with Gasteiger partial charge in [0.25, 0.3) is 11.7 Å². The minimum Gasteiger partial charge on any atom is -0.368 e. The number of hydrogen-bond donors (Lipinski definition) is 2. The van der Waals surface area contributed by atoms with Gasteiger partial charge < -0.3 is 10.6 Å². The summed E-state index contributed by atoms with van der Waals surface area (Å²) in [5, 5.41) is 12.4. The first-order chi connectivity index (χ1) is 12.7. The van der Waals surface area contributed by atoms with E-state index in [1.807, 2.05) is 55.5 Å². The summed E-state index contributed by atoms with van der Waals surface area (Å²) < 4.78 is 1.64. The van der Waals surface area contributed by atoms with Crippen molar-refractivity contribution in [3.63, 3.8) is 0 Å². The molecule has 0 unspecified atom stereocenters. The normalized spacial score (nSPS) is 11.0. The predicted octanol–water partition coefficient (Wildman–Crippen LogP) is 2.43. The molecule has 0 bridgehead atoms. The van der Waals surface area contributed by atoms with Crippen molar-refractivity contribution in [3.05, 3.63) is 66.1 Å². The molecule has 0 aliphatic rings. The van der Waals surface area contributed by atoms with Crippen LogP contribution in [0.25, 0.3) is 16.6 Å². The Hall–Kier alpha value is -3.48. The molecule has 0 saturated carbocycles. The number of nitrogens with one attached hydrogen (secondary N) is 2. The zero-order valence-corrected chi connectivity index (χ0v) is 14.3. The highest BCUT2D eigenvalue weighted by Crippen LogP contribution is 2.18. The van der Waals surface area contributed by atoms with E-state index in [2.05, 4.69) is 25.7 Å². The second kappa shape index (κ2) is 6.79. The Kier molecular flexibility index (Phi) is 4.18. The molecule has 0 saturated heterocycles. The van der Waals surface area contributed by atoms with Crippen molar-refractivity contribution in [3.8, 4) is 0 Å². The van der Waals surface area contributed by atoms with E-state index >= 15 is 0 Å². The molecule has 0 fully saturated rings. The molecule has 0 radical (unpaired) electrons. The van der Waals surface area contributed by atoms with Crippen molar-refractivity contribution < 1.29 is 4.79 Å². The van der Waals surface area contributed by atoms with Crippen LogP contribution < -0.4 is 10.6 Å². The zero-order valence-electron chi connectivity index (χ0n) is 14.3. The minimum absolute atomic E-state index is 0.0830. The van der Waals surface area contributed by atoms with Gasteiger partial charge in [0.15, 0.2) is 0 Å². The molecule has 2 aromatic heterocycles. The molecule has 0 atom stereocenters. The molecule has 4 rings (SSSR count). The average Bonchev–Trinajstić information content (AvgIpc) is 3.13. The van der Waals surface area contributed by atoms with E-state index in [9.17, 15) is 4.79 Å². The number of rotatable bonds is 5. The largest absolute Gasteiger partial charge is 0.368 e. The Bertz CT molecular complexity index is 1080. The topological polar surface area (TPSA) is 84.2 Å². The number of carbonyl (C=O) groups excluding carboxylic acids is 1. The van der Waals surface area contributed by atoms with Crippen molar-refractivity contribution in [1.29, 1.82) is 0 Å². The third-order valence-corrected chi connectivity index (χ3v) is 4.13. The Morgan fingerprint density at radius 2 is 1.96 bits per heavy atom. The van der Waals surface area contributed by atoms with Crippen LogP contribution in [-0.4, -0.2) is 38.6 Å². The molecule has 0 aliphatic carbocycles. The van der Waals surface area contributed by atoms with Gasteiger partial charge >= 0.3 is 0 Å². The second-order valence-electron chi connectivity index (χ2n) is 5.96. The molecule has 2 aromatic carbocycles. The van der Waals surface area contributed by atoms with Crippen molar-refractivity contribution in [1.82, 2.24) is 24.9 Å². The number of nitrogens with zero attached hydrogens (tertiary/aromatic N) is 4. The maximum absolute atomic E-state index is 12.5. The monoisotopic (exact) mass is 346 g/mol. The third kappa shape index (κ3) is 3.06. The van der Waals surface area contributed by atoms with E-state index in [1.165, 1.54) is 6.33 Å². The summed E-state index contributed by atoms with van der Waals surface area (Å²) >= 11 is 0. The molecule has 0 spiro atoms. The van der Waals surface area contributed by atoms with Crippen LogP contribution in [-0.2, 0) is 0 Å². The summed E-state index contributed by atoms with van der Waals surface area (Å²) in [5.74, 6) is 1.26. The van der Waals surface area contributed by atoms with Crippen molar-refractivity contribution in [2.24, 2.45) is 0 Å². The van der Waals surface area contributed by atoms with E-state index < -0.39 is 0 Å². The van der Waals surface area contributed by atoms with Crippen LogP contribution in [0.15, 0.2) is 54.9 Å². The first-order valence-electron chi connectivity index (χ1n) is 8.39. The van der Waals surface area contributed by atoms with E-state index in [0.29, 0.717) is 24.4 Å². The number of aryl methyl sites for hydroxylation is 1. The van der Waals surface area contributed by atoms with Crippen LogP contribution in [0.1, 0.15) is 16.1 Å². The van der Waals surface area contributed by atoms with E-state index in [4.69, 9.17) is 0 Å². The van der Waals surface area contributed by atoms with Gasteiger partial charge in [-0.2, -0.15) is 14.6 Å². The highest BCUT2D eigenvalue weighted by Gasteiger charge is 2.09. The van der Waals surface area contributed by atoms with Gasteiger partial charge in [0.1, 0.15) is 12.1 Å². The van der Waals surface area contributed by atoms with Crippen molar-refractivity contribution >= 4 is 28.3 Å². The molecule has 0 aliphatic heterocycles. The molecular formula is C19H18N6O. The fourth-order valence-electron chi connectivity index (χ4n) is 2.94. The van der Waals surface area contributed by atoms with Crippen LogP contribution in [0, 0.1) is 6.92 Å². The summed E-state index contributed by atoms with van der Waals surface area (Å²) in [4.78, 5) is 20.9. The summed E-state index contributed by atoms with van der Waals surface area (Å²) in [6.45, 7) is 2.96. The van der Waals surface area contributed by atoms with Gasteiger partial charge in [-0.25, -0.2) is 4.98 Å². The maximum atomic E-state index is 12.5. The fraction of sp³-hybridized carbons (Fsp3) is 0.158. The van der Waals surface area contributed by atoms with Crippen molar-refractivity contribution in [2.75, 3.05) is 18.4 Å². The molecule has 26 heavy (non-hydrogen) atoms. The molecule has 2 heterocycles. The lowest BCUT2D eigenvalue weighted by Crippen LogP contribution is -2.29. The van der Waals surface area contributed by atoms with Crippen LogP contribution in [0.4, 0.5) is 5.82 Å². The Balaban J connectivity index is 1.41. The molecule has 2 N–H and O–H groups in total. The van der Waals surface area contributed by atoms with Gasteiger partial charge in [-0.1, -0.05) is 36.4 Å². The SMILES string of the molecule is Cc1cc(NCCNC(=O)c2cccc3ccccc23)n2ncnc2n1. The molecule has 7 nitrogen and oxygen atoms in total. The summed E-state index contributed by atoms with van der Waals surface area (Å²) in [5.41, 5.74) is 1.54. The van der Waals surface area contributed by atoms with Crippen LogP contribution in [0.5, 0.6) is 0 Å². The number of carbonyl (C=O) groups is 1. The number of hydrogen-bond acceptors (Lipinski definition) is 5. The van der Waals surface area contributed by atoms with Crippen molar-refractivity contribution in [2.45, 2.75) is 6.92 Å². The van der Waals surface area contributed by atoms with Gasteiger partial charge in [0.05, 0.1) is 0 Å². The minimum atomic E-state index is -0.0830. The zero-order chi connectivity index (χ0) is 17.9. The lowest BCUT2D eigenvalue weighted by atomic mass is 10.0. The average molecular weight is 346 g/mol. The van der Waals surface area contributed by atoms with Gasteiger partial charge in [0, 0.05) is 30.4 Å². The quantitative estimate of drug-likeness (QED) is 0.542. The lowest BCUT2D eigenvalue weighted by molar-refractivity contribution is 0.0957. The van der Waals surface area contributed by atoms with Gasteiger partial charge in [-0.3, -0.25) is 4.79 Å². The first kappa shape index (κ1) is 16.0. The molecule has 4 aromatic rings. The summed E-state index contributed by atoms with van der Waals surface area (Å²) in [6, 6.07) is 15.5. The fourth-order valence-corrected chi connectivity index (χ4v) is 2.94. The molecule has 1 amide bonds. The highest BCUT2D eigenvalue weighted by molar-refractivity contribution is 6.06. The van der Waals surface area contributed by atoms with Gasteiger partial charge in [-0.05, 0) is 23.8 Å². The van der Waals surface area contributed by atoms with Crippen LogP contribution in [0.2, 0.25) is 0 Å². The standard InChI is InChI=1S/C19H18N6O/c1-13-11-17(25-19(24-13)22-12-23-25)20-9-10-21-18(26)16-8-4-6-14-5-2-3-7-15(14)16/h2-8,11-12,20H,9-10H2,1H3,(H,21,26). The number of anilines is 1. The smallest absolute Gasteiger partial charge is 0.254 e. The van der Waals surface area contributed by atoms with E-state index in [0.717, 1.165) is 22.3 Å². The Morgan fingerprint density at radius 3 is 2.88 bits per heavy atom. The highest BCUT2D eigenvalue weighted by atomic mass is 16.1. The third-order valence-electron chi connectivity index (χ3n) is 4.13. The second-order valence-corrected chi connectivity index (χ2v) is 5.96. The molecule has 7 heteroatoms. The number of amides is 1. The number of aromatic nitrogens is 4. The van der Waals surface area contributed by atoms with Crippen LogP contribution >= 0.6 is 0 Å². The summed E-state index contributed by atoms with van der Waals surface area (Å²) in [6.07, 6.45) is 1.47. The molecule has 130 valence electrons. The maximum Gasteiger partial charge on any atom is 0.254 e. The van der Waals surface area contributed by atoms with Crippen LogP contribution in [0.3, 0.4) is 0 Å². The predicted molar refractivity (Wildman–Crippen MR) is 100 cm³/mol. The Morgan fingerprint density at radius 1 is 1.12 bits per heavy atom. The summed E-state index contributed by atoms with van der Waals surface area (Å²) in [7, 11) is 0. The first-order valence-corrected chi connectivity index (χ1v) is 8.39. The molecular weight excluding hydrogens is 328 g/mol.